The van der Waals surface area contributed by atoms with Crippen LogP contribution in [0.15, 0.2) is 12.3 Å². The minimum Gasteiger partial charge on any atom is -0.354 e. The maximum absolute atomic E-state index is 5.88. The monoisotopic (exact) mass is 233 g/mol. The number of aryl methyl sites for hydroxylation is 1. The summed E-state index contributed by atoms with van der Waals surface area (Å²) >= 11 is 0. The van der Waals surface area contributed by atoms with Gasteiger partial charge in [0.15, 0.2) is 0 Å². The Balaban J connectivity index is 2.34. The van der Waals surface area contributed by atoms with Gasteiger partial charge in [0, 0.05) is 30.9 Å². The standard InChI is InChI=1S/C14H23N3/c1-11-7-8-16-14(13(11)10-15)17-9-5-3-4-6-12(17)2/h7-8,12H,3-6,9-10,15H2,1-2H3. The van der Waals surface area contributed by atoms with Gasteiger partial charge in [-0.2, -0.15) is 0 Å². The Labute approximate surface area is 104 Å². The first-order valence-corrected chi connectivity index (χ1v) is 6.65. The first-order valence-electron chi connectivity index (χ1n) is 6.65. The Bertz CT molecular complexity index is 376. The van der Waals surface area contributed by atoms with Crippen molar-refractivity contribution in [3.63, 3.8) is 0 Å². The van der Waals surface area contributed by atoms with Gasteiger partial charge in [0.1, 0.15) is 5.82 Å². The molecule has 1 atom stereocenters. The zero-order chi connectivity index (χ0) is 12.3. The molecule has 2 rings (SSSR count). The Kier molecular flexibility index (Phi) is 4.00. The van der Waals surface area contributed by atoms with Crippen molar-refractivity contribution in [1.82, 2.24) is 4.98 Å². The molecule has 0 radical (unpaired) electrons. The molecule has 1 aromatic heterocycles. The molecule has 0 spiro atoms. The van der Waals surface area contributed by atoms with Crippen LogP contribution in [0.3, 0.4) is 0 Å². The first-order chi connectivity index (χ1) is 8.24. The van der Waals surface area contributed by atoms with Crippen LogP contribution >= 0.6 is 0 Å². The summed E-state index contributed by atoms with van der Waals surface area (Å²) in [6, 6.07) is 2.63. The zero-order valence-corrected chi connectivity index (χ0v) is 10.9. The lowest BCUT2D eigenvalue weighted by Crippen LogP contribution is -2.34. The normalized spacial score (nSPS) is 21.4. The van der Waals surface area contributed by atoms with Gasteiger partial charge < -0.3 is 10.6 Å². The smallest absolute Gasteiger partial charge is 0.133 e. The summed E-state index contributed by atoms with van der Waals surface area (Å²) in [5.41, 5.74) is 8.34. The summed E-state index contributed by atoms with van der Waals surface area (Å²) in [7, 11) is 0. The number of nitrogens with two attached hydrogens (primary N) is 1. The molecule has 1 aromatic rings. The van der Waals surface area contributed by atoms with Gasteiger partial charge in [0.2, 0.25) is 0 Å². The summed E-state index contributed by atoms with van der Waals surface area (Å²) in [5, 5.41) is 0. The fourth-order valence-electron chi connectivity index (χ4n) is 2.66. The third-order valence-electron chi connectivity index (χ3n) is 3.80. The van der Waals surface area contributed by atoms with Crippen LogP contribution < -0.4 is 10.6 Å². The molecule has 1 unspecified atom stereocenters. The van der Waals surface area contributed by atoms with Crippen molar-refractivity contribution in [2.24, 2.45) is 5.73 Å². The highest BCUT2D eigenvalue weighted by atomic mass is 15.2. The molecule has 2 heterocycles. The summed E-state index contributed by atoms with van der Waals surface area (Å²) < 4.78 is 0. The fraction of sp³-hybridized carbons (Fsp3) is 0.643. The maximum atomic E-state index is 5.88. The van der Waals surface area contributed by atoms with E-state index in [0.29, 0.717) is 12.6 Å². The number of anilines is 1. The average molecular weight is 233 g/mol. The molecule has 1 aliphatic rings. The first kappa shape index (κ1) is 12.4. The molecule has 3 heteroatoms. The van der Waals surface area contributed by atoms with Crippen LogP contribution in [0.5, 0.6) is 0 Å². The fourth-order valence-corrected chi connectivity index (χ4v) is 2.66. The van der Waals surface area contributed by atoms with Crippen molar-refractivity contribution >= 4 is 5.82 Å². The molecule has 0 aliphatic carbocycles. The van der Waals surface area contributed by atoms with E-state index in [-0.39, 0.29) is 0 Å². The average Bonchev–Trinajstić information content (AvgIpc) is 2.53. The van der Waals surface area contributed by atoms with Gasteiger partial charge in [0.05, 0.1) is 0 Å². The van der Waals surface area contributed by atoms with Crippen LogP contribution in [0.2, 0.25) is 0 Å². The van der Waals surface area contributed by atoms with E-state index in [1.807, 2.05) is 12.3 Å². The second-order valence-electron chi connectivity index (χ2n) is 5.03. The van der Waals surface area contributed by atoms with Crippen molar-refractivity contribution in [2.45, 2.75) is 52.1 Å². The molecule has 3 nitrogen and oxygen atoms in total. The summed E-state index contributed by atoms with van der Waals surface area (Å²) in [6.07, 6.45) is 7.11. The van der Waals surface area contributed by atoms with Crippen LogP contribution in [0.4, 0.5) is 5.82 Å². The summed E-state index contributed by atoms with van der Waals surface area (Å²) in [6.45, 7) is 6.12. The predicted octanol–water partition coefficient (Wildman–Crippen LogP) is 2.62. The second-order valence-corrected chi connectivity index (χ2v) is 5.03. The van der Waals surface area contributed by atoms with Crippen molar-refractivity contribution in [1.29, 1.82) is 0 Å². The van der Waals surface area contributed by atoms with Crippen molar-refractivity contribution in [3.8, 4) is 0 Å². The molecule has 1 saturated heterocycles. The van der Waals surface area contributed by atoms with Gasteiger partial charge in [-0.1, -0.05) is 12.8 Å². The molecular formula is C14H23N3. The maximum Gasteiger partial charge on any atom is 0.133 e. The Morgan fingerprint density at radius 1 is 1.41 bits per heavy atom. The lowest BCUT2D eigenvalue weighted by Gasteiger charge is -2.30. The van der Waals surface area contributed by atoms with E-state index in [1.165, 1.54) is 36.8 Å². The Morgan fingerprint density at radius 3 is 3.00 bits per heavy atom. The van der Waals surface area contributed by atoms with Gasteiger partial charge in [-0.3, -0.25) is 0 Å². The SMILES string of the molecule is Cc1ccnc(N2CCCCCC2C)c1CN. The number of pyridine rings is 1. The van der Waals surface area contributed by atoms with Crippen LogP contribution in [-0.4, -0.2) is 17.6 Å². The van der Waals surface area contributed by atoms with E-state index in [4.69, 9.17) is 5.73 Å². The van der Waals surface area contributed by atoms with Crippen molar-refractivity contribution < 1.29 is 0 Å². The van der Waals surface area contributed by atoms with Gasteiger partial charge >= 0.3 is 0 Å². The third-order valence-corrected chi connectivity index (χ3v) is 3.80. The molecule has 1 fully saturated rings. The van der Waals surface area contributed by atoms with Crippen LogP contribution in [0.25, 0.3) is 0 Å². The van der Waals surface area contributed by atoms with E-state index in [2.05, 4.69) is 23.7 Å². The van der Waals surface area contributed by atoms with Crippen molar-refractivity contribution in [2.75, 3.05) is 11.4 Å². The number of rotatable bonds is 2. The third kappa shape index (κ3) is 2.60. The minimum absolute atomic E-state index is 0.581. The Morgan fingerprint density at radius 2 is 2.24 bits per heavy atom. The van der Waals surface area contributed by atoms with Gasteiger partial charge in [-0.25, -0.2) is 4.98 Å². The highest BCUT2D eigenvalue weighted by molar-refractivity contribution is 5.51. The number of hydrogen-bond acceptors (Lipinski definition) is 3. The lowest BCUT2D eigenvalue weighted by atomic mass is 10.1. The summed E-state index contributed by atoms with van der Waals surface area (Å²) in [5.74, 6) is 1.11. The topological polar surface area (TPSA) is 42.2 Å². The molecular weight excluding hydrogens is 210 g/mol. The second kappa shape index (κ2) is 5.50. The molecule has 0 bridgehead atoms. The largest absolute Gasteiger partial charge is 0.354 e. The molecule has 94 valence electrons. The molecule has 17 heavy (non-hydrogen) atoms. The molecule has 2 N–H and O–H groups in total. The molecule has 1 aliphatic heterocycles. The molecule has 0 saturated carbocycles. The van der Waals surface area contributed by atoms with Crippen LogP contribution in [0, 0.1) is 6.92 Å². The highest BCUT2D eigenvalue weighted by Gasteiger charge is 2.20. The van der Waals surface area contributed by atoms with Crippen molar-refractivity contribution in [3.05, 3.63) is 23.4 Å². The lowest BCUT2D eigenvalue weighted by molar-refractivity contribution is 0.608. The van der Waals surface area contributed by atoms with Gasteiger partial charge in [0.25, 0.3) is 0 Å². The molecule has 0 amide bonds. The van der Waals surface area contributed by atoms with E-state index in [1.54, 1.807) is 0 Å². The minimum atomic E-state index is 0.581. The van der Waals surface area contributed by atoms with E-state index < -0.39 is 0 Å². The highest BCUT2D eigenvalue weighted by Crippen LogP contribution is 2.26. The van der Waals surface area contributed by atoms with E-state index in [0.717, 1.165) is 12.4 Å². The molecule has 0 aromatic carbocycles. The number of aromatic nitrogens is 1. The number of nitrogens with zero attached hydrogens (tertiary/aromatic N) is 2. The van der Waals surface area contributed by atoms with Crippen LogP contribution in [0.1, 0.15) is 43.7 Å². The Hall–Kier alpha value is -1.09. The van der Waals surface area contributed by atoms with Gasteiger partial charge in [-0.15, -0.1) is 0 Å². The summed E-state index contributed by atoms with van der Waals surface area (Å²) in [4.78, 5) is 7.02. The van der Waals surface area contributed by atoms with E-state index in [9.17, 15) is 0 Å². The quantitative estimate of drug-likeness (QED) is 0.854. The van der Waals surface area contributed by atoms with Crippen LogP contribution in [-0.2, 0) is 6.54 Å². The zero-order valence-electron chi connectivity index (χ0n) is 10.9. The predicted molar refractivity (Wildman–Crippen MR) is 72.1 cm³/mol. The van der Waals surface area contributed by atoms with E-state index >= 15 is 0 Å². The van der Waals surface area contributed by atoms with Gasteiger partial charge in [-0.05, 0) is 38.3 Å². The number of hydrogen-bond donors (Lipinski definition) is 1.